The number of rotatable bonds is 5. The van der Waals surface area contributed by atoms with Crippen molar-refractivity contribution in [3.05, 3.63) is 46.3 Å². The smallest absolute Gasteiger partial charge is 0.341 e. The van der Waals surface area contributed by atoms with E-state index in [1.54, 1.807) is 24.3 Å². The van der Waals surface area contributed by atoms with Crippen molar-refractivity contribution in [1.29, 1.82) is 0 Å². The Morgan fingerprint density at radius 1 is 1.08 bits per heavy atom. The number of nitrogens with one attached hydrogen (secondary N) is 2. The van der Waals surface area contributed by atoms with Gasteiger partial charge in [-0.25, -0.2) is 4.79 Å². The van der Waals surface area contributed by atoms with Gasteiger partial charge in [0.15, 0.2) is 6.61 Å². The fraction of sp³-hybridized carbons (Fsp3) is 0.316. The lowest BCUT2D eigenvalue weighted by Crippen LogP contribution is -2.22. The summed E-state index contributed by atoms with van der Waals surface area (Å²) in [4.78, 5) is 37.1. The van der Waals surface area contributed by atoms with Gasteiger partial charge in [-0.05, 0) is 43.4 Å². The highest BCUT2D eigenvalue weighted by Gasteiger charge is 2.27. The molecule has 1 aliphatic rings. The molecule has 0 saturated carbocycles. The Morgan fingerprint density at radius 2 is 1.81 bits per heavy atom. The highest BCUT2D eigenvalue weighted by atomic mass is 32.1. The number of para-hydroxylation sites is 1. The Bertz CT molecular complexity index is 830. The summed E-state index contributed by atoms with van der Waals surface area (Å²) >= 11 is 1.42. The second-order valence-electron chi connectivity index (χ2n) is 6.09. The predicted octanol–water partition coefficient (Wildman–Crippen LogP) is 3.38. The second-order valence-corrected chi connectivity index (χ2v) is 7.19. The van der Waals surface area contributed by atoms with Crippen LogP contribution in [0.1, 0.15) is 40.6 Å². The van der Waals surface area contributed by atoms with Crippen LogP contribution in [0.5, 0.6) is 0 Å². The Balaban J connectivity index is 1.70. The molecule has 2 N–H and O–H groups in total. The second kappa shape index (κ2) is 8.14. The molecule has 0 aliphatic heterocycles. The van der Waals surface area contributed by atoms with Crippen LogP contribution in [0.25, 0.3) is 0 Å². The number of carbonyl (C=O) groups is 3. The first-order valence-corrected chi connectivity index (χ1v) is 9.30. The highest BCUT2D eigenvalue weighted by Crippen LogP contribution is 2.38. The third kappa shape index (κ3) is 4.29. The van der Waals surface area contributed by atoms with Gasteiger partial charge in [0, 0.05) is 17.5 Å². The van der Waals surface area contributed by atoms with E-state index in [4.69, 9.17) is 4.74 Å². The van der Waals surface area contributed by atoms with Crippen LogP contribution in [0, 0.1) is 0 Å². The molecule has 1 aromatic heterocycles. The zero-order valence-corrected chi connectivity index (χ0v) is 15.3. The van der Waals surface area contributed by atoms with Gasteiger partial charge in [-0.15, -0.1) is 11.3 Å². The van der Waals surface area contributed by atoms with Crippen LogP contribution in [-0.2, 0) is 27.2 Å². The van der Waals surface area contributed by atoms with Crippen molar-refractivity contribution in [3.63, 3.8) is 0 Å². The fourth-order valence-electron chi connectivity index (χ4n) is 2.95. The normalized spacial score (nSPS) is 12.8. The van der Waals surface area contributed by atoms with Crippen LogP contribution in [0.4, 0.5) is 10.7 Å². The summed E-state index contributed by atoms with van der Waals surface area (Å²) in [6.45, 7) is 1.03. The summed E-state index contributed by atoms with van der Waals surface area (Å²) in [5.41, 5.74) is 1.98. The number of fused-ring (bicyclic) bond motifs is 1. The number of amides is 2. The summed E-state index contributed by atoms with van der Waals surface area (Å²) in [6.07, 6.45) is 3.75. The minimum atomic E-state index is -0.573. The molecule has 6 nitrogen and oxygen atoms in total. The van der Waals surface area contributed by atoms with E-state index in [-0.39, 0.29) is 12.5 Å². The maximum absolute atomic E-state index is 12.6. The molecule has 0 bridgehead atoms. The molecule has 0 fully saturated rings. The largest absolute Gasteiger partial charge is 0.452 e. The summed E-state index contributed by atoms with van der Waals surface area (Å²) in [6, 6.07) is 8.96. The summed E-state index contributed by atoms with van der Waals surface area (Å²) in [5.74, 6) is -1.22. The van der Waals surface area contributed by atoms with Gasteiger partial charge in [0.1, 0.15) is 5.00 Å². The number of hydrogen-bond acceptors (Lipinski definition) is 5. The third-order valence-corrected chi connectivity index (χ3v) is 5.26. The molecule has 0 unspecified atom stereocenters. The first kappa shape index (κ1) is 18.1. The zero-order valence-electron chi connectivity index (χ0n) is 14.5. The standard InChI is InChI=1S/C19H20N2O4S/c1-12(22)20-18-17(14-9-5-6-10-15(14)26-18)19(24)25-11-16(23)21-13-7-3-2-4-8-13/h2-4,7-8H,5-6,9-11H2,1H3,(H,20,22)(H,21,23). The van der Waals surface area contributed by atoms with Gasteiger partial charge in [0.05, 0.1) is 5.56 Å². The molecule has 3 rings (SSSR count). The number of thiophene rings is 1. The van der Waals surface area contributed by atoms with E-state index in [1.807, 2.05) is 6.07 Å². The van der Waals surface area contributed by atoms with Gasteiger partial charge >= 0.3 is 5.97 Å². The van der Waals surface area contributed by atoms with Crippen LogP contribution in [0.3, 0.4) is 0 Å². The molecule has 7 heteroatoms. The summed E-state index contributed by atoms with van der Waals surface area (Å²) < 4.78 is 5.21. The van der Waals surface area contributed by atoms with Crippen LogP contribution in [0.2, 0.25) is 0 Å². The lowest BCUT2D eigenvalue weighted by Gasteiger charge is -2.12. The summed E-state index contributed by atoms with van der Waals surface area (Å²) in [7, 11) is 0. The van der Waals surface area contributed by atoms with Crippen LogP contribution in [0.15, 0.2) is 30.3 Å². The van der Waals surface area contributed by atoms with Gasteiger partial charge in [-0.2, -0.15) is 0 Å². The summed E-state index contributed by atoms with van der Waals surface area (Å²) in [5, 5.41) is 5.90. The quantitative estimate of drug-likeness (QED) is 0.788. The van der Waals surface area contributed by atoms with Crippen molar-refractivity contribution >= 4 is 39.8 Å². The lowest BCUT2D eigenvalue weighted by atomic mass is 9.95. The SMILES string of the molecule is CC(=O)Nc1sc2c(c1C(=O)OCC(=O)Nc1ccccc1)CCCC2. The Labute approximate surface area is 155 Å². The van der Waals surface area contributed by atoms with E-state index in [0.717, 1.165) is 36.1 Å². The molecule has 136 valence electrons. The number of carbonyl (C=O) groups excluding carboxylic acids is 3. The number of anilines is 2. The van der Waals surface area contributed by atoms with E-state index in [9.17, 15) is 14.4 Å². The predicted molar refractivity (Wildman–Crippen MR) is 101 cm³/mol. The average Bonchev–Trinajstić information content (AvgIpc) is 2.97. The first-order valence-electron chi connectivity index (χ1n) is 8.48. The fourth-order valence-corrected chi connectivity index (χ4v) is 4.28. The number of ether oxygens (including phenoxy) is 1. The minimum Gasteiger partial charge on any atom is -0.452 e. The first-order chi connectivity index (χ1) is 12.5. The molecule has 26 heavy (non-hydrogen) atoms. The van der Waals surface area contributed by atoms with Gasteiger partial charge in [-0.1, -0.05) is 18.2 Å². The molecular formula is C19H20N2O4S. The molecular weight excluding hydrogens is 352 g/mol. The lowest BCUT2D eigenvalue weighted by molar-refractivity contribution is -0.119. The van der Waals surface area contributed by atoms with Gasteiger partial charge in [0.25, 0.3) is 5.91 Å². The van der Waals surface area contributed by atoms with E-state index < -0.39 is 11.9 Å². The van der Waals surface area contributed by atoms with Crippen molar-refractivity contribution in [2.75, 3.05) is 17.2 Å². The molecule has 1 heterocycles. The molecule has 1 aromatic carbocycles. The van der Waals surface area contributed by atoms with Crippen molar-refractivity contribution in [1.82, 2.24) is 0 Å². The number of aryl methyl sites for hydroxylation is 1. The maximum atomic E-state index is 12.6. The van der Waals surface area contributed by atoms with Crippen molar-refractivity contribution in [3.8, 4) is 0 Å². The van der Waals surface area contributed by atoms with Gasteiger partial charge in [0.2, 0.25) is 5.91 Å². The monoisotopic (exact) mass is 372 g/mol. The molecule has 0 spiro atoms. The van der Waals surface area contributed by atoms with E-state index in [1.165, 1.54) is 18.3 Å². The van der Waals surface area contributed by atoms with Crippen LogP contribution < -0.4 is 10.6 Å². The topological polar surface area (TPSA) is 84.5 Å². The van der Waals surface area contributed by atoms with Crippen molar-refractivity contribution < 1.29 is 19.1 Å². The van der Waals surface area contributed by atoms with Gasteiger partial charge < -0.3 is 15.4 Å². The van der Waals surface area contributed by atoms with E-state index >= 15 is 0 Å². The molecule has 2 amide bonds. The Kier molecular flexibility index (Phi) is 5.68. The molecule has 2 aromatic rings. The Morgan fingerprint density at radius 3 is 2.54 bits per heavy atom. The average molecular weight is 372 g/mol. The molecule has 0 radical (unpaired) electrons. The minimum absolute atomic E-state index is 0.237. The number of hydrogen-bond donors (Lipinski definition) is 2. The molecule has 0 saturated heterocycles. The van der Waals surface area contributed by atoms with Gasteiger partial charge in [-0.3, -0.25) is 9.59 Å². The molecule has 0 atom stereocenters. The zero-order chi connectivity index (χ0) is 18.5. The third-order valence-electron chi connectivity index (χ3n) is 4.06. The number of esters is 1. The Hall–Kier alpha value is -2.67. The molecule has 1 aliphatic carbocycles. The number of benzene rings is 1. The van der Waals surface area contributed by atoms with E-state index in [2.05, 4.69) is 10.6 Å². The van der Waals surface area contributed by atoms with E-state index in [0.29, 0.717) is 16.3 Å². The maximum Gasteiger partial charge on any atom is 0.341 e. The highest BCUT2D eigenvalue weighted by molar-refractivity contribution is 7.17. The van der Waals surface area contributed by atoms with Crippen molar-refractivity contribution in [2.45, 2.75) is 32.6 Å². The van der Waals surface area contributed by atoms with Crippen molar-refractivity contribution in [2.24, 2.45) is 0 Å². The van der Waals surface area contributed by atoms with Crippen LogP contribution in [-0.4, -0.2) is 24.4 Å². The van der Waals surface area contributed by atoms with Crippen LogP contribution >= 0.6 is 11.3 Å².